The van der Waals surface area contributed by atoms with E-state index in [2.05, 4.69) is 9.84 Å². The van der Waals surface area contributed by atoms with Gasteiger partial charge in [-0.15, -0.1) is 4.68 Å². The smallest absolute Gasteiger partial charge is 0.411 e. The molecule has 0 bridgehead atoms. The average molecular weight is 220 g/mol. The number of nitro groups is 1. The van der Waals surface area contributed by atoms with Gasteiger partial charge < -0.3 is 14.9 Å². The van der Waals surface area contributed by atoms with Gasteiger partial charge in [-0.3, -0.25) is 4.79 Å². The first-order valence-electron chi connectivity index (χ1n) is 3.44. The quantitative estimate of drug-likeness (QED) is 0.529. The molecule has 0 N–H and O–H groups in total. The van der Waals surface area contributed by atoms with Crippen LogP contribution in [0.25, 0.3) is 0 Å². The number of aryl methyl sites for hydroxylation is 1. The maximum atomic E-state index is 11.3. The van der Waals surface area contributed by atoms with Gasteiger partial charge in [-0.2, -0.15) is 0 Å². The minimum absolute atomic E-state index is 0.282. The maximum absolute atomic E-state index is 11.3. The van der Waals surface area contributed by atoms with Gasteiger partial charge in [-0.05, 0) is 4.92 Å². The summed E-state index contributed by atoms with van der Waals surface area (Å²) in [5, 5.41) is 13.4. The van der Waals surface area contributed by atoms with E-state index in [9.17, 15) is 14.9 Å². The summed E-state index contributed by atoms with van der Waals surface area (Å²) < 4.78 is 5.43. The predicted molar refractivity (Wildman–Crippen MR) is 47.7 cm³/mol. The van der Waals surface area contributed by atoms with Crippen LogP contribution in [0.3, 0.4) is 0 Å². The molecule has 0 atom stereocenters. The molecule has 7 nitrogen and oxygen atoms in total. The van der Waals surface area contributed by atoms with Gasteiger partial charge in [0.15, 0.2) is 5.02 Å². The van der Waals surface area contributed by atoms with E-state index in [1.54, 1.807) is 0 Å². The molecular formula is C6H6ClN3O4. The van der Waals surface area contributed by atoms with Crippen molar-refractivity contribution in [1.29, 1.82) is 0 Å². The van der Waals surface area contributed by atoms with Crippen LogP contribution in [0.2, 0.25) is 5.02 Å². The number of hydrogen-bond donors (Lipinski definition) is 0. The lowest BCUT2D eigenvalue weighted by Crippen LogP contribution is -2.22. The molecule has 1 rings (SSSR count). The summed E-state index contributed by atoms with van der Waals surface area (Å²) in [6, 6.07) is 0. The van der Waals surface area contributed by atoms with Gasteiger partial charge in [0.25, 0.3) is 0 Å². The number of rotatable bonds is 2. The fraction of sp³-hybridized carbons (Fsp3) is 0.333. The van der Waals surface area contributed by atoms with Crippen LogP contribution < -0.4 is 10.3 Å². The van der Waals surface area contributed by atoms with Gasteiger partial charge in [0.2, 0.25) is 5.75 Å². The third kappa shape index (κ3) is 1.53. The van der Waals surface area contributed by atoms with Crippen LogP contribution in [0.4, 0.5) is 5.82 Å². The molecule has 0 aliphatic heterocycles. The molecular weight excluding hydrogens is 214 g/mol. The SMILES string of the molecule is COc1c(Cl)c([N+](=O)[O-])nn(C)c1=O. The monoisotopic (exact) mass is 219 g/mol. The van der Waals surface area contributed by atoms with Crippen molar-refractivity contribution in [1.82, 2.24) is 9.78 Å². The zero-order chi connectivity index (χ0) is 10.9. The lowest BCUT2D eigenvalue weighted by molar-refractivity contribution is -0.390. The first-order chi connectivity index (χ1) is 6.49. The highest BCUT2D eigenvalue weighted by atomic mass is 35.5. The van der Waals surface area contributed by atoms with E-state index in [4.69, 9.17) is 11.6 Å². The van der Waals surface area contributed by atoms with Gasteiger partial charge in [0.1, 0.15) is 0 Å². The van der Waals surface area contributed by atoms with Crippen LogP contribution in [0.1, 0.15) is 0 Å². The van der Waals surface area contributed by atoms with Crippen LogP contribution in [-0.2, 0) is 7.05 Å². The molecule has 0 unspecified atom stereocenters. The largest absolute Gasteiger partial charge is 0.490 e. The van der Waals surface area contributed by atoms with E-state index in [-0.39, 0.29) is 10.8 Å². The van der Waals surface area contributed by atoms with E-state index in [1.807, 2.05) is 0 Å². The van der Waals surface area contributed by atoms with Crippen molar-refractivity contribution in [3.63, 3.8) is 0 Å². The molecule has 0 amide bonds. The first-order valence-corrected chi connectivity index (χ1v) is 3.82. The Morgan fingerprint density at radius 3 is 2.64 bits per heavy atom. The highest BCUT2D eigenvalue weighted by Crippen LogP contribution is 2.27. The normalized spacial score (nSPS) is 9.93. The van der Waals surface area contributed by atoms with Gasteiger partial charge in [0.05, 0.1) is 19.3 Å². The Hall–Kier alpha value is -1.63. The number of methoxy groups -OCH3 is 1. The van der Waals surface area contributed by atoms with Crippen LogP contribution in [0, 0.1) is 10.1 Å². The zero-order valence-electron chi connectivity index (χ0n) is 7.35. The molecule has 0 saturated carbocycles. The van der Waals surface area contributed by atoms with Gasteiger partial charge in [-0.25, -0.2) is 0 Å². The third-order valence-electron chi connectivity index (χ3n) is 1.51. The fourth-order valence-corrected chi connectivity index (χ4v) is 1.13. The molecule has 0 spiro atoms. The summed E-state index contributed by atoms with van der Waals surface area (Å²) in [6.45, 7) is 0. The number of hydrogen-bond acceptors (Lipinski definition) is 5. The van der Waals surface area contributed by atoms with E-state index < -0.39 is 16.3 Å². The molecule has 8 heteroatoms. The summed E-state index contributed by atoms with van der Waals surface area (Å²) in [5.41, 5.74) is -0.622. The molecule has 0 fully saturated rings. The number of halogens is 1. The molecule has 1 aromatic rings. The van der Waals surface area contributed by atoms with E-state index in [0.29, 0.717) is 0 Å². The summed E-state index contributed by atoms with van der Waals surface area (Å²) >= 11 is 5.54. The predicted octanol–water partition coefficient (Wildman–Crippen LogP) is 0.350. The van der Waals surface area contributed by atoms with Crippen molar-refractivity contribution in [3.05, 3.63) is 25.5 Å². The molecule has 76 valence electrons. The van der Waals surface area contributed by atoms with Gasteiger partial charge >= 0.3 is 11.4 Å². The Balaban J connectivity index is 3.59. The molecule has 1 aromatic heterocycles. The summed E-state index contributed by atoms with van der Waals surface area (Å²) in [7, 11) is 2.47. The topological polar surface area (TPSA) is 87.3 Å². The van der Waals surface area contributed by atoms with Crippen molar-refractivity contribution in [3.8, 4) is 5.75 Å². The Kier molecular flexibility index (Phi) is 2.70. The second-order valence-electron chi connectivity index (χ2n) is 2.36. The number of aromatic nitrogens is 2. The van der Waals surface area contributed by atoms with Crippen molar-refractivity contribution in [2.45, 2.75) is 0 Å². The number of ether oxygens (including phenoxy) is 1. The minimum atomic E-state index is -0.787. The molecule has 1 heterocycles. The molecule has 0 aliphatic rings. The Morgan fingerprint density at radius 2 is 2.21 bits per heavy atom. The molecule has 0 radical (unpaired) electrons. The van der Waals surface area contributed by atoms with E-state index in [1.165, 1.54) is 14.2 Å². The molecule has 0 aromatic carbocycles. The second kappa shape index (κ2) is 3.62. The van der Waals surface area contributed by atoms with Crippen molar-refractivity contribution < 1.29 is 9.66 Å². The Labute approximate surface area is 83.0 Å². The lowest BCUT2D eigenvalue weighted by Gasteiger charge is -2.02. The van der Waals surface area contributed by atoms with Gasteiger partial charge in [-0.1, -0.05) is 11.6 Å². The maximum Gasteiger partial charge on any atom is 0.411 e. The van der Waals surface area contributed by atoms with Crippen LogP contribution in [-0.4, -0.2) is 21.8 Å². The zero-order valence-corrected chi connectivity index (χ0v) is 8.11. The third-order valence-corrected chi connectivity index (χ3v) is 1.85. The van der Waals surface area contributed by atoms with E-state index in [0.717, 1.165) is 4.68 Å². The molecule has 0 aliphatic carbocycles. The summed E-state index contributed by atoms with van der Waals surface area (Å²) in [5.74, 6) is -0.888. The highest BCUT2D eigenvalue weighted by Gasteiger charge is 2.24. The highest BCUT2D eigenvalue weighted by molar-refractivity contribution is 6.33. The van der Waals surface area contributed by atoms with E-state index >= 15 is 0 Å². The lowest BCUT2D eigenvalue weighted by atomic mass is 10.5. The van der Waals surface area contributed by atoms with Crippen LogP contribution in [0.5, 0.6) is 5.75 Å². The first kappa shape index (κ1) is 10.5. The second-order valence-corrected chi connectivity index (χ2v) is 2.73. The van der Waals surface area contributed by atoms with Crippen molar-refractivity contribution in [2.24, 2.45) is 7.05 Å². The average Bonchev–Trinajstić information content (AvgIpc) is 2.12. The van der Waals surface area contributed by atoms with Crippen LogP contribution in [0.15, 0.2) is 4.79 Å². The standard InChI is InChI=1S/C6H6ClN3O4/c1-9-6(11)4(14-2)3(7)5(8-9)10(12)13/h1-2H3. The summed E-state index contributed by atoms with van der Waals surface area (Å²) in [6.07, 6.45) is 0. The van der Waals surface area contributed by atoms with Crippen molar-refractivity contribution in [2.75, 3.05) is 7.11 Å². The fourth-order valence-electron chi connectivity index (χ4n) is 0.867. The summed E-state index contributed by atoms with van der Waals surface area (Å²) in [4.78, 5) is 20.9. The van der Waals surface area contributed by atoms with Crippen molar-refractivity contribution >= 4 is 17.4 Å². The minimum Gasteiger partial charge on any atom is -0.490 e. The number of nitrogens with zero attached hydrogens (tertiary/aromatic N) is 3. The van der Waals surface area contributed by atoms with Gasteiger partial charge in [0, 0.05) is 0 Å². The Morgan fingerprint density at radius 1 is 1.64 bits per heavy atom. The van der Waals surface area contributed by atoms with Crippen LogP contribution >= 0.6 is 11.6 Å². The Bertz CT molecular complexity index is 441. The molecule has 14 heavy (non-hydrogen) atoms. The molecule has 0 saturated heterocycles.